The summed E-state index contributed by atoms with van der Waals surface area (Å²) in [6.07, 6.45) is 4.51. The highest BCUT2D eigenvalue weighted by atomic mass is 16.5. The Hall–Kier alpha value is -9.58. The first kappa shape index (κ1) is 60.5. The second kappa shape index (κ2) is 29.5. The van der Waals surface area contributed by atoms with E-state index in [1.165, 1.54) is 6.42 Å². The van der Waals surface area contributed by atoms with Crippen molar-refractivity contribution in [1.82, 2.24) is 66.1 Å². The molecule has 22 heteroatoms. The zero-order valence-corrected chi connectivity index (χ0v) is 49.1. The molecule has 3 saturated heterocycles. The van der Waals surface area contributed by atoms with Crippen LogP contribution < -0.4 is 16.3 Å². The molecule has 87 heavy (non-hydrogen) atoms. The molecule has 6 heterocycles. The van der Waals surface area contributed by atoms with E-state index in [0.717, 1.165) is 123 Å². The SMILES string of the molecule is C=C(Nc1n[nH]c2ccc(C(=O)N3CCCCC3)cc12)c1ccccc1.CCCN1CCN(C(=O)c2ccc3[nH]nc(C(=Nc4ccccc4)NO)c3c2)CC1.COCCN1CCN(C(=O)c2ccc3[nH]nc(C(=Nc4ccccc4)NO)c3c2)CC1. The molecule has 8 N–H and O–H groups in total. The molecular weight excluding hydrogens is 1100 g/mol. The first-order valence-electron chi connectivity index (χ1n) is 29.5. The minimum absolute atomic E-state index is 0.0127. The van der Waals surface area contributed by atoms with Crippen LogP contribution in [0.1, 0.15) is 80.6 Å². The second-order valence-electron chi connectivity index (χ2n) is 21.4. The molecule has 0 unspecified atom stereocenters. The summed E-state index contributed by atoms with van der Waals surface area (Å²) in [5.74, 6) is 1.19. The third kappa shape index (κ3) is 15.1. The third-order valence-corrected chi connectivity index (χ3v) is 15.6. The van der Waals surface area contributed by atoms with Crippen molar-refractivity contribution in [2.45, 2.75) is 32.6 Å². The van der Waals surface area contributed by atoms with Crippen LogP contribution in [-0.4, -0.2) is 187 Å². The maximum Gasteiger partial charge on any atom is 0.253 e. The lowest BCUT2D eigenvalue weighted by Gasteiger charge is -2.34. The van der Waals surface area contributed by atoms with Crippen LogP contribution in [0.25, 0.3) is 38.4 Å². The lowest BCUT2D eigenvalue weighted by molar-refractivity contribution is 0.0593. The van der Waals surface area contributed by atoms with E-state index in [1.807, 2.05) is 148 Å². The van der Waals surface area contributed by atoms with E-state index >= 15 is 0 Å². The number of carbonyl (C=O) groups excluding carboxylic acids is 3. The summed E-state index contributed by atoms with van der Waals surface area (Å²) in [5.41, 5.74) is 12.6. The molecular formula is C65H74N16O6. The Morgan fingerprint density at radius 2 is 0.931 bits per heavy atom. The number of nitrogens with one attached hydrogen (secondary N) is 6. The van der Waals surface area contributed by atoms with Crippen LogP contribution in [0.3, 0.4) is 0 Å². The summed E-state index contributed by atoms with van der Waals surface area (Å²) >= 11 is 0. The normalized spacial score (nSPS) is 15.1. The first-order chi connectivity index (χ1) is 42.6. The van der Waals surface area contributed by atoms with Crippen LogP contribution in [0, 0.1) is 0 Å². The van der Waals surface area contributed by atoms with Gasteiger partial charge in [0.25, 0.3) is 17.7 Å². The number of aromatic amines is 3. The van der Waals surface area contributed by atoms with Gasteiger partial charge >= 0.3 is 0 Å². The molecule has 0 atom stereocenters. The van der Waals surface area contributed by atoms with Gasteiger partial charge in [-0.25, -0.2) is 9.98 Å². The number of methoxy groups -OCH3 is 1. The van der Waals surface area contributed by atoms with Gasteiger partial charge < -0.3 is 24.8 Å². The minimum Gasteiger partial charge on any atom is -0.383 e. The molecule has 0 aliphatic carbocycles. The van der Waals surface area contributed by atoms with Gasteiger partial charge in [-0.05, 0) is 117 Å². The maximum atomic E-state index is 13.1. The number of fused-ring (bicyclic) bond motifs is 3. The molecule has 3 aromatic heterocycles. The summed E-state index contributed by atoms with van der Waals surface area (Å²) in [6.45, 7) is 16.9. The Morgan fingerprint density at radius 3 is 1.38 bits per heavy atom. The Bertz CT molecular complexity index is 3830. The Balaban J connectivity index is 0.000000145. The van der Waals surface area contributed by atoms with E-state index in [2.05, 4.69) is 80.2 Å². The lowest BCUT2D eigenvalue weighted by atomic mass is 10.1. The van der Waals surface area contributed by atoms with Gasteiger partial charge in [-0.3, -0.25) is 60.9 Å². The number of hydrogen-bond acceptors (Lipinski definition) is 14. The van der Waals surface area contributed by atoms with Gasteiger partial charge in [0, 0.05) is 118 Å². The number of carbonyl (C=O) groups is 3. The maximum absolute atomic E-state index is 13.1. The van der Waals surface area contributed by atoms with E-state index in [-0.39, 0.29) is 29.4 Å². The molecule has 0 bridgehead atoms. The minimum atomic E-state index is -0.0149. The number of aliphatic imine (C=N–C) groups is 2. The number of piperazine rings is 2. The molecule has 3 aliphatic heterocycles. The van der Waals surface area contributed by atoms with Crippen LogP contribution in [0.4, 0.5) is 17.2 Å². The number of H-pyrrole nitrogens is 3. The topological polar surface area (TPSA) is 264 Å². The molecule has 22 nitrogen and oxygen atoms in total. The zero-order chi connectivity index (χ0) is 60.5. The fraction of sp³-hybridized carbons (Fsp3) is 0.292. The van der Waals surface area contributed by atoms with Gasteiger partial charge in [0.1, 0.15) is 11.4 Å². The number of para-hydroxylation sites is 2. The number of likely N-dealkylation sites (tertiary alicyclic amines) is 1. The Morgan fingerprint density at radius 1 is 0.517 bits per heavy atom. The first-order valence-corrected chi connectivity index (χ1v) is 29.5. The van der Waals surface area contributed by atoms with Crippen molar-refractivity contribution < 1.29 is 29.5 Å². The van der Waals surface area contributed by atoms with Crippen molar-refractivity contribution in [2.24, 2.45) is 9.98 Å². The van der Waals surface area contributed by atoms with E-state index in [9.17, 15) is 24.8 Å². The van der Waals surface area contributed by atoms with E-state index in [0.29, 0.717) is 70.4 Å². The molecule has 9 aromatic rings. The fourth-order valence-corrected chi connectivity index (χ4v) is 10.8. The van der Waals surface area contributed by atoms with Gasteiger partial charge in [0.05, 0.1) is 34.5 Å². The molecule has 0 spiro atoms. The number of nitrogens with zero attached hydrogens (tertiary/aromatic N) is 10. The molecule has 450 valence electrons. The van der Waals surface area contributed by atoms with Gasteiger partial charge in [-0.2, -0.15) is 15.3 Å². The van der Waals surface area contributed by atoms with E-state index in [1.54, 1.807) is 19.2 Å². The standard InChI is InChI=1S/C22H26N6O3.C22H26N6O2.C21H22N4O/c1-31-14-13-27-9-11-28(12-10-27)22(29)16-7-8-19-18(15-16)20(25-24-19)21(26-30)23-17-5-3-2-4-6-17;1-2-10-27-11-13-28(14-12-27)22(29)16-8-9-19-18(15-16)20(25-24-19)21(26-30)23-17-6-4-3-5-7-17;1-15(16-8-4-2-5-9-16)22-20-18-14-17(10-11-19(18)23-24-20)21(26)25-12-6-3-7-13-25/h2-8,15,30H,9-14H2,1H3,(H,23,26)(H,24,25);3-9,15,30H,2,10-14H2,1H3,(H,23,26)(H,24,25);2,4-5,8-11,14H,1,3,6-7,12-13H2,(H2,22,23,24). The van der Waals surface area contributed by atoms with Crippen molar-refractivity contribution in [1.29, 1.82) is 0 Å². The number of rotatable bonds is 15. The fourth-order valence-electron chi connectivity index (χ4n) is 10.8. The van der Waals surface area contributed by atoms with Gasteiger partial charge in [0.15, 0.2) is 17.5 Å². The molecule has 3 amide bonds. The van der Waals surface area contributed by atoms with E-state index in [4.69, 9.17) is 4.74 Å². The van der Waals surface area contributed by atoms with Crippen LogP contribution in [0.5, 0.6) is 0 Å². The van der Waals surface area contributed by atoms with E-state index < -0.39 is 0 Å². The average molecular weight is 1180 g/mol. The number of aromatic nitrogens is 6. The van der Waals surface area contributed by atoms with Crippen molar-refractivity contribution in [2.75, 3.05) is 97.6 Å². The lowest BCUT2D eigenvalue weighted by Crippen LogP contribution is -2.49. The molecule has 0 saturated carbocycles. The number of piperidine rings is 1. The highest BCUT2D eigenvalue weighted by Crippen LogP contribution is 2.28. The van der Waals surface area contributed by atoms with Crippen LogP contribution in [-0.2, 0) is 4.74 Å². The highest BCUT2D eigenvalue weighted by molar-refractivity contribution is 6.11. The summed E-state index contributed by atoms with van der Waals surface area (Å²) in [4.78, 5) is 58.2. The van der Waals surface area contributed by atoms with Crippen molar-refractivity contribution in [3.63, 3.8) is 0 Å². The monoisotopic (exact) mass is 1170 g/mol. The van der Waals surface area contributed by atoms with Crippen molar-refractivity contribution in [3.8, 4) is 0 Å². The number of hydrogen-bond donors (Lipinski definition) is 8. The van der Waals surface area contributed by atoms with Crippen LogP contribution in [0.15, 0.2) is 162 Å². The number of amidine groups is 2. The molecule has 6 aromatic carbocycles. The largest absolute Gasteiger partial charge is 0.383 e. The summed E-state index contributed by atoms with van der Waals surface area (Å²) in [7, 11) is 1.70. The molecule has 3 fully saturated rings. The number of amides is 3. The van der Waals surface area contributed by atoms with Gasteiger partial charge in [0.2, 0.25) is 0 Å². The zero-order valence-electron chi connectivity index (χ0n) is 49.1. The number of hydroxylamine groups is 2. The van der Waals surface area contributed by atoms with Crippen LogP contribution >= 0.6 is 0 Å². The summed E-state index contributed by atoms with van der Waals surface area (Å²) in [5, 5.41) is 46.7. The summed E-state index contributed by atoms with van der Waals surface area (Å²) in [6, 6.07) is 45.1. The van der Waals surface area contributed by atoms with Gasteiger partial charge in [-0.15, -0.1) is 0 Å². The summed E-state index contributed by atoms with van der Waals surface area (Å²) < 4.78 is 5.13. The smallest absolute Gasteiger partial charge is 0.253 e. The van der Waals surface area contributed by atoms with Crippen molar-refractivity contribution in [3.05, 3.63) is 186 Å². The quantitative estimate of drug-likeness (QED) is 0.0271. The Labute approximate surface area is 504 Å². The Kier molecular flexibility index (Phi) is 20.5. The highest BCUT2D eigenvalue weighted by Gasteiger charge is 2.26. The molecule has 3 aliphatic rings. The third-order valence-electron chi connectivity index (χ3n) is 15.6. The number of ether oxygens (including phenoxy) is 1. The second-order valence-corrected chi connectivity index (χ2v) is 21.4. The van der Waals surface area contributed by atoms with Crippen LogP contribution in [0.2, 0.25) is 0 Å². The van der Waals surface area contributed by atoms with Gasteiger partial charge in [-0.1, -0.05) is 80.2 Å². The molecule has 12 rings (SSSR count). The average Bonchev–Trinajstić information content (AvgIpc) is 2.91. The predicted molar refractivity (Wildman–Crippen MR) is 339 cm³/mol. The number of anilines is 1. The number of benzene rings is 6. The molecule has 0 radical (unpaired) electrons. The predicted octanol–water partition coefficient (Wildman–Crippen LogP) is 9.08. The van der Waals surface area contributed by atoms with Crippen molar-refractivity contribution >= 4 is 85.0 Å².